The van der Waals surface area contributed by atoms with Crippen LogP contribution in [0.4, 0.5) is 0 Å². The number of amides is 2. The van der Waals surface area contributed by atoms with Gasteiger partial charge in [-0.2, -0.15) is 0 Å². The van der Waals surface area contributed by atoms with Crippen LogP contribution in [0.2, 0.25) is 0 Å². The fourth-order valence-corrected chi connectivity index (χ4v) is 4.00. The van der Waals surface area contributed by atoms with Gasteiger partial charge >= 0.3 is 0 Å². The van der Waals surface area contributed by atoms with Crippen LogP contribution in [-0.2, 0) is 4.79 Å². The van der Waals surface area contributed by atoms with Crippen LogP contribution >= 0.6 is 12.4 Å². The first-order chi connectivity index (χ1) is 12.0. The number of nitrogens with two attached hydrogens (primary N) is 1. The molecule has 2 fully saturated rings. The van der Waals surface area contributed by atoms with E-state index >= 15 is 0 Å². The summed E-state index contributed by atoms with van der Waals surface area (Å²) in [6, 6.07) is 7.69. The Morgan fingerprint density at radius 1 is 0.962 bits per heavy atom. The van der Waals surface area contributed by atoms with Gasteiger partial charge in [0.25, 0.3) is 5.91 Å². The smallest absolute Gasteiger partial charge is 0.253 e. The lowest BCUT2D eigenvalue weighted by molar-refractivity contribution is -0.138. The number of halogens is 1. The molecule has 1 saturated carbocycles. The third kappa shape index (κ3) is 4.57. The molecule has 0 spiro atoms. The van der Waals surface area contributed by atoms with Crippen molar-refractivity contribution in [3.63, 3.8) is 0 Å². The molecule has 5 nitrogen and oxygen atoms in total. The molecule has 144 valence electrons. The normalized spacial score (nSPS) is 20.1. The monoisotopic (exact) mass is 379 g/mol. The van der Waals surface area contributed by atoms with E-state index in [4.69, 9.17) is 5.73 Å². The van der Waals surface area contributed by atoms with Crippen LogP contribution in [-0.4, -0.2) is 53.3 Å². The standard InChI is InChI=1S/C20H29N3O2.ClH/c1-16-7-5-8-17(15-16)18(24)22-11-6-12-23(14-13-22)19(25)20(21)9-3-2-4-10-20;/h5,7-8,15H,2-4,6,9-14,21H2,1H3;1H. The van der Waals surface area contributed by atoms with Crippen molar-refractivity contribution >= 4 is 24.2 Å². The van der Waals surface area contributed by atoms with Gasteiger partial charge in [0.2, 0.25) is 5.91 Å². The van der Waals surface area contributed by atoms with E-state index in [9.17, 15) is 9.59 Å². The lowest BCUT2D eigenvalue weighted by Gasteiger charge is -2.36. The minimum atomic E-state index is -0.687. The summed E-state index contributed by atoms with van der Waals surface area (Å²) in [5, 5.41) is 0. The Morgan fingerprint density at radius 2 is 1.62 bits per heavy atom. The maximum atomic E-state index is 12.9. The van der Waals surface area contributed by atoms with Crippen molar-refractivity contribution in [2.45, 2.75) is 51.0 Å². The van der Waals surface area contributed by atoms with E-state index in [2.05, 4.69) is 0 Å². The maximum absolute atomic E-state index is 12.9. The summed E-state index contributed by atoms with van der Waals surface area (Å²) in [7, 11) is 0. The number of carbonyl (C=O) groups excluding carboxylic acids is 2. The van der Waals surface area contributed by atoms with Crippen LogP contribution in [0.25, 0.3) is 0 Å². The van der Waals surface area contributed by atoms with Gasteiger partial charge in [-0.3, -0.25) is 9.59 Å². The Hall–Kier alpha value is -1.59. The van der Waals surface area contributed by atoms with Crippen molar-refractivity contribution < 1.29 is 9.59 Å². The van der Waals surface area contributed by atoms with E-state index in [1.54, 1.807) is 0 Å². The Balaban J connectivity index is 0.00000243. The zero-order valence-corrected chi connectivity index (χ0v) is 16.4. The molecule has 2 N–H and O–H groups in total. The topological polar surface area (TPSA) is 66.6 Å². The summed E-state index contributed by atoms with van der Waals surface area (Å²) in [6.07, 6.45) is 5.62. The highest BCUT2D eigenvalue weighted by Crippen LogP contribution is 2.28. The summed E-state index contributed by atoms with van der Waals surface area (Å²) < 4.78 is 0. The Morgan fingerprint density at radius 3 is 2.31 bits per heavy atom. The molecule has 1 aliphatic carbocycles. The summed E-state index contributed by atoms with van der Waals surface area (Å²) in [4.78, 5) is 29.4. The average Bonchev–Trinajstić information content (AvgIpc) is 2.87. The van der Waals surface area contributed by atoms with E-state index in [0.717, 1.165) is 43.2 Å². The molecule has 2 aliphatic rings. The number of rotatable bonds is 2. The quantitative estimate of drug-likeness (QED) is 0.859. The van der Waals surface area contributed by atoms with Gasteiger partial charge in [-0.25, -0.2) is 0 Å². The average molecular weight is 380 g/mol. The molecule has 26 heavy (non-hydrogen) atoms. The number of carbonyl (C=O) groups is 2. The van der Waals surface area contributed by atoms with Crippen LogP contribution in [0.5, 0.6) is 0 Å². The molecular weight excluding hydrogens is 350 g/mol. The second kappa shape index (κ2) is 8.87. The summed E-state index contributed by atoms with van der Waals surface area (Å²) in [6.45, 7) is 4.53. The third-order valence-corrected chi connectivity index (χ3v) is 5.51. The van der Waals surface area contributed by atoms with Crippen LogP contribution in [0.15, 0.2) is 24.3 Å². The van der Waals surface area contributed by atoms with Gasteiger partial charge in [0.15, 0.2) is 0 Å². The third-order valence-electron chi connectivity index (χ3n) is 5.51. The maximum Gasteiger partial charge on any atom is 0.253 e. The molecule has 0 aromatic heterocycles. The molecule has 0 radical (unpaired) electrons. The van der Waals surface area contributed by atoms with Crippen molar-refractivity contribution in [1.29, 1.82) is 0 Å². The van der Waals surface area contributed by atoms with Crippen LogP contribution in [0.3, 0.4) is 0 Å². The Bertz CT molecular complexity index is 644. The molecule has 0 atom stereocenters. The molecular formula is C20H30ClN3O2. The number of aryl methyl sites for hydroxylation is 1. The molecule has 2 amide bonds. The highest BCUT2D eigenvalue weighted by Gasteiger charge is 2.38. The van der Waals surface area contributed by atoms with Gasteiger partial charge in [0.05, 0.1) is 5.54 Å². The first kappa shape index (κ1) is 20.7. The van der Waals surface area contributed by atoms with E-state index < -0.39 is 5.54 Å². The van der Waals surface area contributed by atoms with Gasteiger partial charge in [-0.15, -0.1) is 12.4 Å². The Kier molecular flexibility index (Phi) is 7.07. The molecule has 1 aromatic rings. The van der Waals surface area contributed by atoms with Crippen molar-refractivity contribution in [3.05, 3.63) is 35.4 Å². The largest absolute Gasteiger partial charge is 0.339 e. The van der Waals surface area contributed by atoms with Gasteiger partial charge in [-0.1, -0.05) is 37.0 Å². The number of hydrogen-bond donors (Lipinski definition) is 1. The molecule has 6 heteroatoms. The molecule has 3 rings (SSSR count). The zero-order valence-electron chi connectivity index (χ0n) is 15.6. The van der Waals surface area contributed by atoms with Crippen molar-refractivity contribution in [1.82, 2.24) is 9.80 Å². The summed E-state index contributed by atoms with van der Waals surface area (Å²) in [5.74, 6) is 0.134. The van der Waals surface area contributed by atoms with E-state index in [0.29, 0.717) is 26.2 Å². The van der Waals surface area contributed by atoms with Crippen LogP contribution < -0.4 is 5.73 Å². The predicted octanol–water partition coefficient (Wildman–Crippen LogP) is 2.75. The summed E-state index contributed by atoms with van der Waals surface area (Å²) in [5.41, 5.74) is 7.54. The minimum Gasteiger partial charge on any atom is -0.339 e. The van der Waals surface area contributed by atoms with Gasteiger partial charge in [-0.05, 0) is 38.3 Å². The van der Waals surface area contributed by atoms with Crippen molar-refractivity contribution in [2.75, 3.05) is 26.2 Å². The highest BCUT2D eigenvalue weighted by atomic mass is 35.5. The first-order valence-corrected chi connectivity index (χ1v) is 9.44. The van der Waals surface area contributed by atoms with Gasteiger partial charge in [0.1, 0.15) is 0 Å². The van der Waals surface area contributed by atoms with E-state index in [1.165, 1.54) is 6.42 Å². The second-order valence-corrected chi connectivity index (χ2v) is 7.52. The predicted molar refractivity (Wildman–Crippen MR) is 106 cm³/mol. The second-order valence-electron chi connectivity index (χ2n) is 7.52. The van der Waals surface area contributed by atoms with Crippen molar-refractivity contribution in [3.8, 4) is 0 Å². The van der Waals surface area contributed by atoms with Crippen LogP contribution in [0.1, 0.15) is 54.4 Å². The molecule has 1 aliphatic heterocycles. The van der Waals surface area contributed by atoms with Crippen LogP contribution in [0, 0.1) is 6.92 Å². The van der Waals surface area contributed by atoms with Gasteiger partial charge < -0.3 is 15.5 Å². The Labute approximate surface area is 162 Å². The zero-order chi connectivity index (χ0) is 17.9. The highest BCUT2D eigenvalue weighted by molar-refractivity contribution is 5.94. The van der Waals surface area contributed by atoms with E-state index in [-0.39, 0.29) is 24.2 Å². The molecule has 0 bridgehead atoms. The summed E-state index contributed by atoms with van der Waals surface area (Å²) >= 11 is 0. The molecule has 1 aromatic carbocycles. The number of benzene rings is 1. The first-order valence-electron chi connectivity index (χ1n) is 9.44. The molecule has 0 unspecified atom stereocenters. The molecule has 1 saturated heterocycles. The number of hydrogen-bond acceptors (Lipinski definition) is 3. The number of nitrogens with zero attached hydrogens (tertiary/aromatic N) is 2. The van der Waals surface area contributed by atoms with E-state index in [1.807, 2.05) is 41.0 Å². The minimum absolute atomic E-state index is 0. The van der Waals surface area contributed by atoms with Gasteiger partial charge in [0, 0.05) is 31.7 Å². The lowest BCUT2D eigenvalue weighted by Crippen LogP contribution is -2.56. The fourth-order valence-electron chi connectivity index (χ4n) is 4.00. The van der Waals surface area contributed by atoms with Crippen molar-refractivity contribution in [2.24, 2.45) is 5.73 Å². The molecule has 1 heterocycles. The SMILES string of the molecule is Cc1cccc(C(=O)N2CCCN(C(=O)C3(N)CCCCC3)CC2)c1.Cl. The fraction of sp³-hybridized carbons (Fsp3) is 0.600. The lowest BCUT2D eigenvalue weighted by atomic mass is 9.81.